The second-order valence-electron chi connectivity index (χ2n) is 4.96. The Morgan fingerprint density at radius 1 is 1.64 bits per heavy atom. The van der Waals surface area contributed by atoms with Gasteiger partial charge in [-0.1, -0.05) is 13.8 Å². The quantitative estimate of drug-likeness (QED) is 0.674. The van der Waals surface area contributed by atoms with Crippen LogP contribution in [-0.4, -0.2) is 23.4 Å². The van der Waals surface area contributed by atoms with Crippen molar-refractivity contribution in [2.45, 2.75) is 32.7 Å². The van der Waals surface area contributed by atoms with Crippen molar-refractivity contribution in [2.24, 2.45) is 16.4 Å². The molecular weight excluding hydrogens is 200 g/mol. The Morgan fingerprint density at radius 2 is 2.36 bits per heavy atom. The van der Waals surface area contributed by atoms with Crippen LogP contribution >= 0.6 is 11.6 Å². The third kappa shape index (κ3) is 1.54. The summed E-state index contributed by atoms with van der Waals surface area (Å²) in [6.45, 7) is 4.25. The number of hydrogen-bond acceptors (Lipinski definition) is 3. The smallest absolute Gasteiger partial charge is 0.144 e. The van der Waals surface area contributed by atoms with Gasteiger partial charge in [-0.2, -0.15) is 5.10 Å². The van der Waals surface area contributed by atoms with E-state index >= 15 is 0 Å². The molecule has 1 aliphatic heterocycles. The molecule has 0 amide bonds. The van der Waals surface area contributed by atoms with Gasteiger partial charge >= 0.3 is 0 Å². The molecule has 0 bridgehead atoms. The fourth-order valence-corrected chi connectivity index (χ4v) is 2.70. The van der Waals surface area contributed by atoms with Gasteiger partial charge in [0.15, 0.2) is 0 Å². The molecule has 0 unspecified atom stereocenters. The second-order valence-corrected chi connectivity index (χ2v) is 5.23. The topological polar surface area (TPSA) is 41.5 Å². The van der Waals surface area contributed by atoms with Gasteiger partial charge in [0.25, 0.3) is 0 Å². The van der Waals surface area contributed by atoms with Crippen molar-refractivity contribution < 1.29 is 4.79 Å². The zero-order valence-corrected chi connectivity index (χ0v) is 9.27. The number of Topliss-reactive ketones (excluding diaryl/α,β-unsaturated/α-hetero) is 1. The summed E-state index contributed by atoms with van der Waals surface area (Å²) in [4.78, 5) is 11.9. The number of halogens is 1. The number of nitrogens with one attached hydrogen (secondary N) is 1. The van der Waals surface area contributed by atoms with E-state index in [4.69, 9.17) is 11.6 Å². The van der Waals surface area contributed by atoms with E-state index in [0.717, 1.165) is 12.1 Å². The fourth-order valence-electron chi connectivity index (χ4n) is 2.48. The molecule has 0 spiro atoms. The normalized spacial score (nSPS) is 34.8. The number of nitrogens with zero attached hydrogens (tertiary/aromatic N) is 1. The number of hydrogen-bond donors (Lipinski definition) is 1. The van der Waals surface area contributed by atoms with Crippen LogP contribution in [0.25, 0.3) is 0 Å². The van der Waals surface area contributed by atoms with Gasteiger partial charge in [-0.15, -0.1) is 11.6 Å². The molecule has 0 aromatic rings. The SMILES string of the molecule is CC1(C)CC(=O)[C@H]2C(CCl)=NN[C@@H]2C1. The van der Waals surface area contributed by atoms with E-state index in [0.29, 0.717) is 12.3 Å². The summed E-state index contributed by atoms with van der Waals surface area (Å²) in [6, 6.07) is 0.181. The van der Waals surface area contributed by atoms with Crippen molar-refractivity contribution in [3.63, 3.8) is 0 Å². The molecule has 0 saturated heterocycles. The summed E-state index contributed by atoms with van der Waals surface area (Å²) in [7, 11) is 0. The van der Waals surface area contributed by atoms with Crippen molar-refractivity contribution in [3.8, 4) is 0 Å². The number of alkyl halides is 1. The summed E-state index contributed by atoms with van der Waals surface area (Å²) in [5, 5.41) is 4.13. The van der Waals surface area contributed by atoms with Gasteiger partial charge in [0.2, 0.25) is 0 Å². The highest BCUT2D eigenvalue weighted by Crippen LogP contribution is 2.38. The first-order valence-electron chi connectivity index (χ1n) is 4.94. The second kappa shape index (κ2) is 3.23. The number of carbonyl (C=O) groups is 1. The van der Waals surface area contributed by atoms with E-state index in [2.05, 4.69) is 24.4 Å². The lowest BCUT2D eigenvalue weighted by Crippen LogP contribution is -2.45. The molecule has 2 rings (SSSR count). The molecule has 0 radical (unpaired) electrons. The Hall–Kier alpha value is -0.570. The molecule has 1 saturated carbocycles. The lowest BCUT2D eigenvalue weighted by atomic mass is 9.69. The van der Waals surface area contributed by atoms with Gasteiger partial charge in [-0.3, -0.25) is 4.79 Å². The van der Waals surface area contributed by atoms with Gasteiger partial charge in [0, 0.05) is 6.42 Å². The summed E-state index contributed by atoms with van der Waals surface area (Å²) >= 11 is 5.74. The van der Waals surface area contributed by atoms with Crippen LogP contribution in [0.4, 0.5) is 0 Å². The zero-order valence-electron chi connectivity index (χ0n) is 8.51. The number of rotatable bonds is 1. The highest BCUT2D eigenvalue weighted by atomic mass is 35.5. The predicted octanol–water partition coefficient (Wildman–Crippen LogP) is 1.56. The number of hydrazone groups is 1. The van der Waals surface area contributed by atoms with Crippen molar-refractivity contribution in [1.82, 2.24) is 5.43 Å². The van der Waals surface area contributed by atoms with Crippen LogP contribution in [0.3, 0.4) is 0 Å². The summed E-state index contributed by atoms with van der Waals surface area (Å²) < 4.78 is 0. The van der Waals surface area contributed by atoms with E-state index < -0.39 is 0 Å². The Kier molecular flexibility index (Phi) is 2.30. The molecule has 1 fully saturated rings. The van der Waals surface area contributed by atoms with Crippen molar-refractivity contribution in [2.75, 3.05) is 5.88 Å². The maximum absolute atomic E-state index is 11.9. The van der Waals surface area contributed by atoms with Crippen molar-refractivity contribution in [1.29, 1.82) is 0 Å². The van der Waals surface area contributed by atoms with Gasteiger partial charge in [-0.25, -0.2) is 0 Å². The number of fused-ring (bicyclic) bond motifs is 1. The van der Waals surface area contributed by atoms with Crippen LogP contribution in [0.5, 0.6) is 0 Å². The first kappa shape index (κ1) is 9.97. The number of ketones is 1. The average molecular weight is 215 g/mol. The van der Waals surface area contributed by atoms with E-state index in [9.17, 15) is 4.79 Å². The van der Waals surface area contributed by atoms with Gasteiger partial charge in [0.05, 0.1) is 23.6 Å². The van der Waals surface area contributed by atoms with Crippen LogP contribution in [-0.2, 0) is 4.79 Å². The third-order valence-electron chi connectivity index (χ3n) is 3.04. The minimum Gasteiger partial charge on any atom is -0.306 e. The van der Waals surface area contributed by atoms with E-state index in [1.807, 2.05) is 0 Å². The predicted molar refractivity (Wildman–Crippen MR) is 56.6 cm³/mol. The lowest BCUT2D eigenvalue weighted by Gasteiger charge is -2.35. The Balaban J connectivity index is 2.20. The summed E-state index contributed by atoms with van der Waals surface area (Å²) in [5.74, 6) is 0.594. The van der Waals surface area contributed by atoms with Crippen LogP contribution in [0.2, 0.25) is 0 Å². The maximum atomic E-state index is 11.9. The Morgan fingerprint density at radius 3 is 3.00 bits per heavy atom. The van der Waals surface area contributed by atoms with E-state index in [-0.39, 0.29) is 23.2 Å². The highest BCUT2D eigenvalue weighted by molar-refractivity contribution is 6.31. The van der Waals surface area contributed by atoms with Crippen LogP contribution in [0.15, 0.2) is 5.10 Å². The zero-order chi connectivity index (χ0) is 10.3. The average Bonchev–Trinajstić information content (AvgIpc) is 2.44. The summed E-state index contributed by atoms with van der Waals surface area (Å²) in [6.07, 6.45) is 1.64. The fraction of sp³-hybridized carbons (Fsp3) is 0.800. The molecule has 2 atom stereocenters. The molecule has 3 nitrogen and oxygen atoms in total. The van der Waals surface area contributed by atoms with E-state index in [1.165, 1.54) is 0 Å². The minimum absolute atomic E-state index is 0.0551. The molecule has 2 aliphatic rings. The minimum atomic E-state index is -0.0551. The molecule has 0 aromatic carbocycles. The molecule has 1 heterocycles. The molecule has 4 heteroatoms. The van der Waals surface area contributed by atoms with Crippen LogP contribution < -0.4 is 5.43 Å². The lowest BCUT2D eigenvalue weighted by molar-refractivity contribution is -0.126. The molecular formula is C10H15ClN2O. The maximum Gasteiger partial charge on any atom is 0.144 e. The first-order chi connectivity index (χ1) is 6.53. The van der Waals surface area contributed by atoms with E-state index in [1.54, 1.807) is 0 Å². The largest absolute Gasteiger partial charge is 0.306 e. The van der Waals surface area contributed by atoms with Gasteiger partial charge in [-0.05, 0) is 11.8 Å². The molecule has 0 aromatic heterocycles. The third-order valence-corrected chi connectivity index (χ3v) is 3.32. The standard InChI is InChI=1S/C10H15ClN2O/c1-10(2)3-6-9(8(14)4-10)7(5-11)13-12-6/h6,9,12H,3-5H2,1-2H3/t6-,9-/m1/s1. The summed E-state index contributed by atoms with van der Waals surface area (Å²) in [5.41, 5.74) is 3.94. The molecule has 78 valence electrons. The molecule has 14 heavy (non-hydrogen) atoms. The number of carbonyl (C=O) groups excluding carboxylic acids is 1. The first-order valence-corrected chi connectivity index (χ1v) is 5.47. The van der Waals surface area contributed by atoms with Gasteiger partial charge in [0.1, 0.15) is 5.78 Å². The van der Waals surface area contributed by atoms with Crippen LogP contribution in [0.1, 0.15) is 26.7 Å². The van der Waals surface area contributed by atoms with Crippen molar-refractivity contribution in [3.05, 3.63) is 0 Å². The highest BCUT2D eigenvalue weighted by Gasteiger charge is 2.45. The van der Waals surface area contributed by atoms with Crippen LogP contribution in [0, 0.1) is 11.3 Å². The van der Waals surface area contributed by atoms with Crippen molar-refractivity contribution >= 4 is 23.1 Å². The molecule has 1 N–H and O–H groups in total. The Labute approximate surface area is 88.9 Å². The monoisotopic (exact) mass is 214 g/mol. The molecule has 1 aliphatic carbocycles. The van der Waals surface area contributed by atoms with Gasteiger partial charge < -0.3 is 5.43 Å². The Bertz CT molecular complexity index is 298.